The molecule has 1 rings (SSSR count). The van der Waals surface area contributed by atoms with Crippen molar-refractivity contribution in [3.8, 4) is 0 Å². The van der Waals surface area contributed by atoms with Crippen LogP contribution >= 0.6 is 0 Å². The van der Waals surface area contributed by atoms with Gasteiger partial charge in [-0.3, -0.25) is 0 Å². The van der Waals surface area contributed by atoms with E-state index < -0.39 is 0 Å². The number of hydrogen-bond donors (Lipinski definition) is 0. The summed E-state index contributed by atoms with van der Waals surface area (Å²) in [5, 5.41) is 0. The van der Waals surface area contributed by atoms with Crippen molar-refractivity contribution in [2.24, 2.45) is 17.8 Å². The van der Waals surface area contributed by atoms with Gasteiger partial charge in [-0.25, -0.2) is 0 Å². The summed E-state index contributed by atoms with van der Waals surface area (Å²) in [5.41, 5.74) is 0. The normalized spacial score (nSPS) is 28.4. The van der Waals surface area contributed by atoms with Crippen LogP contribution in [0.4, 0.5) is 0 Å². The Morgan fingerprint density at radius 3 is 2.36 bits per heavy atom. The second-order valence-electron chi connectivity index (χ2n) is 4.99. The fourth-order valence-electron chi connectivity index (χ4n) is 2.74. The minimum Gasteiger partial charge on any atom is -0.0859 e. The van der Waals surface area contributed by atoms with E-state index in [0.29, 0.717) is 0 Å². The Morgan fingerprint density at radius 2 is 1.93 bits per heavy atom. The highest BCUT2D eigenvalue weighted by Crippen LogP contribution is 2.41. The van der Waals surface area contributed by atoms with E-state index in [1.165, 1.54) is 44.9 Å². The lowest BCUT2D eigenvalue weighted by molar-refractivity contribution is 0.136. The minimum absolute atomic E-state index is 0.814. The first-order valence-electron chi connectivity index (χ1n) is 6.51. The molecule has 0 aromatic heterocycles. The molecule has 1 fully saturated rings. The summed E-state index contributed by atoms with van der Waals surface area (Å²) in [6.07, 6.45) is 10.7. The van der Waals surface area contributed by atoms with Crippen LogP contribution in [0.1, 0.15) is 58.8 Å². The zero-order chi connectivity index (χ0) is 10.4. The van der Waals surface area contributed by atoms with Crippen molar-refractivity contribution in [1.82, 2.24) is 0 Å². The molecule has 1 aliphatic carbocycles. The van der Waals surface area contributed by atoms with E-state index in [0.717, 1.165) is 24.1 Å². The van der Waals surface area contributed by atoms with Crippen LogP contribution in [0.25, 0.3) is 0 Å². The molecule has 0 nitrogen and oxygen atoms in total. The van der Waals surface area contributed by atoms with Crippen LogP contribution in [-0.4, -0.2) is 7.85 Å². The molecule has 0 bridgehead atoms. The van der Waals surface area contributed by atoms with E-state index in [9.17, 15) is 0 Å². The van der Waals surface area contributed by atoms with Gasteiger partial charge in [0.25, 0.3) is 0 Å². The van der Waals surface area contributed by atoms with Gasteiger partial charge in [0.1, 0.15) is 0 Å². The van der Waals surface area contributed by atoms with E-state index in [-0.39, 0.29) is 0 Å². The van der Waals surface area contributed by atoms with Crippen molar-refractivity contribution in [2.45, 2.75) is 65.1 Å². The third-order valence-electron chi connectivity index (χ3n) is 4.03. The van der Waals surface area contributed by atoms with Gasteiger partial charge in [0.15, 0.2) is 0 Å². The largest absolute Gasteiger partial charge is 0.0859 e. The van der Waals surface area contributed by atoms with E-state index >= 15 is 0 Å². The predicted octanol–water partition coefficient (Wildman–Crippen LogP) is 4.21. The second kappa shape index (κ2) is 6.53. The lowest BCUT2D eigenvalue weighted by Crippen LogP contribution is -2.27. The molecule has 0 spiro atoms. The molecule has 0 N–H and O–H groups in total. The SMILES string of the molecule is [B]C[C@@H](CCCC)CC1CCC1CC. The smallest absolute Gasteiger partial charge is 0.0656 e. The topological polar surface area (TPSA) is 0 Å². The summed E-state index contributed by atoms with van der Waals surface area (Å²) in [4.78, 5) is 0. The van der Waals surface area contributed by atoms with E-state index in [1.54, 1.807) is 0 Å². The van der Waals surface area contributed by atoms with Crippen LogP contribution in [0.5, 0.6) is 0 Å². The van der Waals surface area contributed by atoms with Crippen LogP contribution in [0, 0.1) is 17.8 Å². The van der Waals surface area contributed by atoms with Crippen LogP contribution in [0.15, 0.2) is 0 Å². The molecular formula is C13H25B. The average Bonchev–Trinajstić information content (AvgIpc) is 2.17. The molecule has 80 valence electrons. The Kier molecular flexibility index (Phi) is 5.66. The van der Waals surface area contributed by atoms with Crippen molar-refractivity contribution in [1.29, 1.82) is 0 Å². The lowest BCUT2D eigenvalue weighted by atomic mass is 9.66. The van der Waals surface area contributed by atoms with Gasteiger partial charge in [0.2, 0.25) is 0 Å². The molecule has 0 amide bonds. The Morgan fingerprint density at radius 1 is 1.21 bits per heavy atom. The maximum Gasteiger partial charge on any atom is 0.0656 e. The monoisotopic (exact) mass is 192 g/mol. The van der Waals surface area contributed by atoms with Crippen LogP contribution < -0.4 is 0 Å². The molecule has 2 unspecified atom stereocenters. The predicted molar refractivity (Wildman–Crippen MR) is 64.7 cm³/mol. The fourth-order valence-corrected chi connectivity index (χ4v) is 2.74. The Labute approximate surface area is 91.3 Å². The third-order valence-corrected chi connectivity index (χ3v) is 4.03. The molecule has 1 saturated carbocycles. The highest BCUT2D eigenvalue weighted by molar-refractivity contribution is 6.08. The van der Waals surface area contributed by atoms with E-state index in [2.05, 4.69) is 13.8 Å². The van der Waals surface area contributed by atoms with Gasteiger partial charge in [-0.15, -0.1) is 0 Å². The molecule has 14 heavy (non-hydrogen) atoms. The molecule has 0 aromatic carbocycles. The van der Waals surface area contributed by atoms with Crippen molar-refractivity contribution >= 4 is 7.85 Å². The van der Waals surface area contributed by atoms with Crippen LogP contribution in [0.3, 0.4) is 0 Å². The molecule has 1 heteroatoms. The maximum absolute atomic E-state index is 5.83. The van der Waals surface area contributed by atoms with Gasteiger partial charge in [0, 0.05) is 0 Å². The molecule has 3 atom stereocenters. The van der Waals surface area contributed by atoms with E-state index in [4.69, 9.17) is 7.85 Å². The zero-order valence-electron chi connectivity index (χ0n) is 9.97. The van der Waals surface area contributed by atoms with Crippen molar-refractivity contribution in [3.05, 3.63) is 0 Å². The quantitative estimate of drug-likeness (QED) is 0.530. The number of hydrogen-bond acceptors (Lipinski definition) is 0. The van der Waals surface area contributed by atoms with Gasteiger partial charge in [-0.05, 0) is 37.0 Å². The van der Waals surface area contributed by atoms with Crippen molar-refractivity contribution < 1.29 is 0 Å². The molecule has 1 aliphatic rings. The molecule has 0 saturated heterocycles. The summed E-state index contributed by atoms with van der Waals surface area (Å²) in [7, 11) is 5.83. The van der Waals surface area contributed by atoms with Crippen LogP contribution in [0.2, 0.25) is 6.32 Å². The van der Waals surface area contributed by atoms with Crippen LogP contribution in [-0.2, 0) is 0 Å². The lowest BCUT2D eigenvalue weighted by Gasteiger charge is -2.38. The summed E-state index contributed by atoms with van der Waals surface area (Å²) >= 11 is 0. The Hall–Kier alpha value is 0.0649. The van der Waals surface area contributed by atoms with Gasteiger partial charge in [0.05, 0.1) is 7.85 Å². The molecular weight excluding hydrogens is 167 g/mol. The second-order valence-corrected chi connectivity index (χ2v) is 4.99. The van der Waals surface area contributed by atoms with Crippen molar-refractivity contribution in [3.63, 3.8) is 0 Å². The average molecular weight is 192 g/mol. The standard InChI is InChI=1S/C13H25B/c1-3-5-6-11(10-14)9-13-8-7-12(13)4-2/h11-13H,3-10H2,1-2H3/t11-,12?,13?/m0/s1. The first-order valence-corrected chi connectivity index (χ1v) is 6.51. The first-order chi connectivity index (χ1) is 6.81. The highest BCUT2D eigenvalue weighted by atomic mass is 14.4. The van der Waals surface area contributed by atoms with Gasteiger partial charge in [-0.1, -0.05) is 45.9 Å². The molecule has 0 aromatic rings. The van der Waals surface area contributed by atoms with Crippen molar-refractivity contribution in [2.75, 3.05) is 0 Å². The van der Waals surface area contributed by atoms with Gasteiger partial charge < -0.3 is 0 Å². The third kappa shape index (κ3) is 3.33. The summed E-state index contributed by atoms with van der Waals surface area (Å²) in [6.45, 7) is 4.60. The maximum atomic E-state index is 5.83. The summed E-state index contributed by atoms with van der Waals surface area (Å²) < 4.78 is 0. The Balaban J connectivity index is 2.18. The minimum atomic E-state index is 0.814. The highest BCUT2D eigenvalue weighted by Gasteiger charge is 2.30. The fraction of sp³-hybridized carbons (Fsp3) is 1.00. The summed E-state index contributed by atoms with van der Waals surface area (Å²) in [6, 6.07) is 0. The first kappa shape index (κ1) is 12.1. The summed E-state index contributed by atoms with van der Waals surface area (Å²) in [5.74, 6) is 2.87. The molecule has 0 aliphatic heterocycles. The number of unbranched alkanes of at least 4 members (excludes halogenated alkanes) is 1. The number of rotatable bonds is 7. The molecule has 2 radical (unpaired) electrons. The van der Waals surface area contributed by atoms with Gasteiger partial charge >= 0.3 is 0 Å². The van der Waals surface area contributed by atoms with Gasteiger partial charge in [-0.2, -0.15) is 0 Å². The van der Waals surface area contributed by atoms with E-state index in [1.807, 2.05) is 0 Å². The zero-order valence-corrected chi connectivity index (χ0v) is 9.97. The molecule has 0 heterocycles. The Bertz CT molecular complexity index is 142.